The highest BCUT2D eigenvalue weighted by molar-refractivity contribution is 6.00. The van der Waals surface area contributed by atoms with Crippen molar-refractivity contribution in [3.05, 3.63) is 30.0 Å². The summed E-state index contributed by atoms with van der Waals surface area (Å²) in [7, 11) is 0. The van der Waals surface area contributed by atoms with Gasteiger partial charge in [-0.3, -0.25) is 9.69 Å². The molecule has 2 atom stereocenters. The molecule has 1 saturated heterocycles. The van der Waals surface area contributed by atoms with Gasteiger partial charge in [0.2, 0.25) is 5.91 Å². The number of likely N-dealkylation sites (tertiary alicyclic amines) is 1. The molecule has 1 aliphatic carbocycles. The van der Waals surface area contributed by atoms with Crippen molar-refractivity contribution in [2.75, 3.05) is 11.9 Å². The lowest BCUT2D eigenvalue weighted by Gasteiger charge is -2.34. The highest BCUT2D eigenvalue weighted by atomic mass is 16.6. The lowest BCUT2D eigenvalue weighted by molar-refractivity contribution is -0.122. The van der Waals surface area contributed by atoms with Crippen LogP contribution in [0, 0.1) is 11.8 Å². The molecule has 37 heavy (non-hydrogen) atoms. The Kier molecular flexibility index (Phi) is 7.58. The van der Waals surface area contributed by atoms with Gasteiger partial charge in [0.05, 0.1) is 0 Å². The fraction of sp³-hybridized carbons (Fsp3) is 0.621. The van der Waals surface area contributed by atoms with Crippen LogP contribution in [0.2, 0.25) is 0 Å². The molecule has 0 bridgehead atoms. The standard InChI is InChI=1S/C29H41N3O5/c1-28(2,3)36-26(34)23-17-19-16-20(12-13-22(19)31-23)30-25(33)24-21(18-10-8-7-9-11-18)14-15-32(24)27(35)37-29(4,5)6/h12-13,16-18,21,24,31H,7-11,14-15H2,1-6H3,(H,30,33)/t21-,24-/m0/s1. The van der Waals surface area contributed by atoms with Crippen LogP contribution < -0.4 is 5.32 Å². The number of esters is 1. The smallest absolute Gasteiger partial charge is 0.410 e. The highest BCUT2D eigenvalue weighted by Crippen LogP contribution is 2.40. The van der Waals surface area contributed by atoms with Crippen LogP contribution >= 0.6 is 0 Å². The number of hydrogen-bond donors (Lipinski definition) is 2. The zero-order chi connectivity index (χ0) is 27.0. The second kappa shape index (κ2) is 10.4. The summed E-state index contributed by atoms with van der Waals surface area (Å²) in [6, 6.07) is 6.62. The van der Waals surface area contributed by atoms with E-state index in [9.17, 15) is 14.4 Å². The Morgan fingerprint density at radius 3 is 2.24 bits per heavy atom. The van der Waals surface area contributed by atoms with Gasteiger partial charge in [0.1, 0.15) is 22.9 Å². The van der Waals surface area contributed by atoms with Crippen molar-refractivity contribution < 1.29 is 23.9 Å². The minimum atomic E-state index is -0.633. The van der Waals surface area contributed by atoms with Gasteiger partial charge >= 0.3 is 12.1 Å². The van der Waals surface area contributed by atoms with Crippen molar-refractivity contribution in [1.29, 1.82) is 0 Å². The third kappa shape index (κ3) is 6.65. The summed E-state index contributed by atoms with van der Waals surface area (Å²) in [5.74, 6) is -0.0761. The van der Waals surface area contributed by atoms with E-state index in [1.54, 1.807) is 17.0 Å². The van der Waals surface area contributed by atoms with Gasteiger partial charge < -0.3 is 19.8 Å². The van der Waals surface area contributed by atoms with Crippen LogP contribution in [0.4, 0.5) is 10.5 Å². The summed E-state index contributed by atoms with van der Waals surface area (Å²) >= 11 is 0. The number of carbonyl (C=O) groups excluding carboxylic acids is 3. The average Bonchev–Trinajstić information content (AvgIpc) is 3.42. The number of fused-ring (bicyclic) bond motifs is 1. The summed E-state index contributed by atoms with van der Waals surface area (Å²) in [5.41, 5.74) is 0.522. The average molecular weight is 512 g/mol. The fourth-order valence-electron chi connectivity index (χ4n) is 5.60. The molecule has 1 aromatic carbocycles. The van der Waals surface area contributed by atoms with E-state index in [-0.39, 0.29) is 11.8 Å². The van der Waals surface area contributed by atoms with Crippen LogP contribution in [0.5, 0.6) is 0 Å². The first-order chi connectivity index (χ1) is 17.3. The molecule has 4 rings (SSSR count). The summed E-state index contributed by atoms with van der Waals surface area (Å²) in [6.45, 7) is 11.5. The zero-order valence-electron chi connectivity index (χ0n) is 23.0. The van der Waals surface area contributed by atoms with Gasteiger partial charge in [-0.1, -0.05) is 32.1 Å². The van der Waals surface area contributed by atoms with Gasteiger partial charge in [-0.25, -0.2) is 9.59 Å². The second-order valence-corrected chi connectivity index (χ2v) is 12.4. The van der Waals surface area contributed by atoms with Crippen LogP contribution in [0.15, 0.2) is 24.3 Å². The molecule has 0 radical (unpaired) electrons. The molecular formula is C29H41N3O5. The molecule has 202 valence electrons. The van der Waals surface area contributed by atoms with E-state index in [0.29, 0.717) is 23.8 Å². The minimum Gasteiger partial charge on any atom is -0.455 e. The fourth-order valence-corrected chi connectivity index (χ4v) is 5.60. The van der Waals surface area contributed by atoms with E-state index in [1.165, 1.54) is 19.3 Å². The maximum absolute atomic E-state index is 13.7. The molecule has 2 amide bonds. The molecular weight excluding hydrogens is 470 g/mol. The molecule has 8 heteroatoms. The maximum Gasteiger partial charge on any atom is 0.410 e. The SMILES string of the molecule is CC(C)(C)OC(=O)c1cc2cc(NC(=O)[C@@H]3[C@H](C4CCCCC4)CCN3C(=O)OC(C)(C)C)ccc2[nH]1. The summed E-state index contributed by atoms with van der Waals surface area (Å²) in [6.07, 6.45) is 6.14. The predicted molar refractivity (Wildman–Crippen MR) is 144 cm³/mol. The van der Waals surface area contributed by atoms with Gasteiger partial charge in [-0.15, -0.1) is 0 Å². The minimum absolute atomic E-state index is 0.113. The number of aromatic amines is 1. The Morgan fingerprint density at radius 2 is 1.59 bits per heavy atom. The molecule has 2 N–H and O–H groups in total. The Balaban J connectivity index is 1.55. The number of anilines is 1. The molecule has 2 aromatic rings. The topological polar surface area (TPSA) is 101 Å². The number of nitrogens with one attached hydrogen (secondary N) is 2. The first kappa shape index (κ1) is 27.0. The van der Waals surface area contributed by atoms with Crippen molar-refractivity contribution in [2.24, 2.45) is 11.8 Å². The van der Waals surface area contributed by atoms with Gasteiger partial charge in [-0.2, -0.15) is 0 Å². The Bertz CT molecular complexity index is 1150. The van der Waals surface area contributed by atoms with Crippen LogP contribution in [0.25, 0.3) is 10.9 Å². The van der Waals surface area contributed by atoms with Gasteiger partial charge in [-0.05, 0) is 84.1 Å². The highest BCUT2D eigenvalue weighted by Gasteiger charge is 2.46. The number of ether oxygens (including phenoxy) is 2. The first-order valence-corrected chi connectivity index (χ1v) is 13.5. The number of aromatic nitrogens is 1. The molecule has 2 aliphatic rings. The Labute approximate surface area is 219 Å². The van der Waals surface area contributed by atoms with E-state index >= 15 is 0 Å². The number of nitrogens with zero attached hydrogens (tertiary/aromatic N) is 1. The summed E-state index contributed by atoms with van der Waals surface area (Å²) in [5, 5.41) is 3.84. The first-order valence-electron chi connectivity index (χ1n) is 13.5. The maximum atomic E-state index is 13.7. The van der Waals surface area contributed by atoms with Crippen molar-refractivity contribution in [3.63, 3.8) is 0 Å². The predicted octanol–water partition coefficient (Wildman–Crippen LogP) is 6.27. The molecule has 1 aliphatic heterocycles. The molecule has 0 spiro atoms. The normalized spacial score (nSPS) is 21.2. The van der Waals surface area contributed by atoms with Gasteiger partial charge in [0.25, 0.3) is 0 Å². The number of hydrogen-bond acceptors (Lipinski definition) is 5. The zero-order valence-corrected chi connectivity index (χ0v) is 23.0. The third-order valence-electron chi connectivity index (χ3n) is 7.10. The van der Waals surface area contributed by atoms with Crippen LogP contribution in [0.1, 0.15) is 90.6 Å². The van der Waals surface area contributed by atoms with Gasteiger partial charge in [0.15, 0.2) is 0 Å². The number of H-pyrrole nitrogens is 1. The van der Waals surface area contributed by atoms with E-state index < -0.39 is 29.3 Å². The van der Waals surface area contributed by atoms with Crippen molar-refractivity contribution in [2.45, 2.75) is 97.3 Å². The summed E-state index contributed by atoms with van der Waals surface area (Å²) < 4.78 is 11.1. The Hall–Kier alpha value is -3.03. The van der Waals surface area contributed by atoms with Crippen LogP contribution in [-0.4, -0.2) is 51.6 Å². The van der Waals surface area contributed by atoms with Gasteiger partial charge in [0, 0.05) is 23.1 Å². The number of rotatable bonds is 4. The molecule has 8 nitrogen and oxygen atoms in total. The number of carbonyl (C=O) groups is 3. The molecule has 1 aromatic heterocycles. The lowest BCUT2D eigenvalue weighted by atomic mass is 9.76. The molecule has 1 saturated carbocycles. The van der Waals surface area contributed by atoms with E-state index in [4.69, 9.17) is 9.47 Å². The largest absolute Gasteiger partial charge is 0.455 e. The van der Waals surface area contributed by atoms with E-state index in [0.717, 1.165) is 30.2 Å². The molecule has 2 heterocycles. The van der Waals surface area contributed by atoms with Crippen molar-refractivity contribution in [3.8, 4) is 0 Å². The van der Waals surface area contributed by atoms with Crippen LogP contribution in [0.3, 0.4) is 0 Å². The molecule has 0 unspecified atom stereocenters. The number of amides is 2. The quantitative estimate of drug-likeness (QED) is 0.471. The third-order valence-corrected chi connectivity index (χ3v) is 7.10. The van der Waals surface area contributed by atoms with E-state index in [1.807, 2.05) is 53.7 Å². The second-order valence-electron chi connectivity index (χ2n) is 12.4. The van der Waals surface area contributed by atoms with Crippen molar-refractivity contribution >= 4 is 34.6 Å². The van der Waals surface area contributed by atoms with E-state index in [2.05, 4.69) is 10.3 Å². The van der Waals surface area contributed by atoms with Crippen LogP contribution in [-0.2, 0) is 14.3 Å². The number of benzene rings is 1. The van der Waals surface area contributed by atoms with Crippen molar-refractivity contribution in [1.82, 2.24) is 9.88 Å². The Morgan fingerprint density at radius 1 is 0.919 bits per heavy atom. The monoisotopic (exact) mass is 511 g/mol. The lowest BCUT2D eigenvalue weighted by Crippen LogP contribution is -2.49. The summed E-state index contributed by atoms with van der Waals surface area (Å²) in [4.78, 5) is 44.0. The molecule has 2 fully saturated rings.